The monoisotopic (exact) mass is 178 g/mol. The number of aromatic amines is 1. The molecule has 2 aromatic rings. The number of aromatic nitrogens is 5. The highest BCUT2D eigenvalue weighted by atomic mass is 16.5. The van der Waals surface area contributed by atoms with Crippen LogP contribution in [0, 0.1) is 0 Å². The van der Waals surface area contributed by atoms with Gasteiger partial charge in [-0.3, -0.25) is 0 Å². The molecule has 0 aliphatic heterocycles. The van der Waals surface area contributed by atoms with Gasteiger partial charge in [-0.05, 0) is 34.3 Å². The summed E-state index contributed by atoms with van der Waals surface area (Å²) in [5, 5.41) is 13.2. The van der Waals surface area contributed by atoms with Crippen molar-refractivity contribution in [2.45, 2.75) is 0 Å². The summed E-state index contributed by atoms with van der Waals surface area (Å²) in [6.07, 6.45) is 0. The first-order chi connectivity index (χ1) is 6.40. The van der Waals surface area contributed by atoms with E-state index in [-0.39, 0.29) is 0 Å². The Morgan fingerprint density at radius 1 is 1.31 bits per heavy atom. The average Bonchev–Trinajstić information content (AvgIpc) is 2.71. The van der Waals surface area contributed by atoms with Gasteiger partial charge in [-0.25, -0.2) is 0 Å². The molecular formula is C7H8N5O+. The number of nitrogens with one attached hydrogen (secondary N) is 1. The minimum atomic E-state index is 0.803. The van der Waals surface area contributed by atoms with Crippen LogP contribution in [0.1, 0.15) is 0 Å². The van der Waals surface area contributed by atoms with Crippen molar-refractivity contribution < 1.29 is 9.53 Å². The molecule has 0 amide bonds. The highest BCUT2D eigenvalue weighted by Crippen LogP contribution is 2.09. The van der Waals surface area contributed by atoms with Crippen molar-refractivity contribution in [3.63, 3.8) is 0 Å². The number of rotatable bonds is 2. The van der Waals surface area contributed by atoms with Crippen molar-refractivity contribution in [1.82, 2.24) is 20.9 Å². The highest BCUT2D eigenvalue weighted by molar-refractivity contribution is 5.30. The maximum Gasteiger partial charge on any atom is 0.231 e. The van der Waals surface area contributed by atoms with Crippen LogP contribution in [0.25, 0.3) is 5.69 Å². The Bertz CT molecular complexity index is 368. The van der Waals surface area contributed by atoms with E-state index < -0.39 is 0 Å². The van der Waals surface area contributed by atoms with Crippen LogP contribution in [-0.2, 0) is 0 Å². The van der Waals surface area contributed by atoms with E-state index in [9.17, 15) is 0 Å². The molecule has 0 fully saturated rings. The van der Waals surface area contributed by atoms with Gasteiger partial charge in [0, 0.05) is 0 Å². The topological polar surface area (TPSA) is 67.6 Å². The van der Waals surface area contributed by atoms with Crippen LogP contribution in [0.4, 0.5) is 0 Å². The fourth-order valence-corrected chi connectivity index (χ4v) is 0.975. The number of methoxy groups -OCH3 is 1. The predicted octanol–water partition coefficient (Wildman–Crippen LogP) is -0.515. The first kappa shape index (κ1) is 7.66. The van der Waals surface area contributed by atoms with E-state index in [2.05, 4.69) is 20.9 Å². The van der Waals surface area contributed by atoms with Gasteiger partial charge in [0.15, 0.2) is 5.69 Å². The number of nitrogens with zero attached hydrogens (tertiary/aromatic N) is 4. The number of benzene rings is 1. The maximum absolute atomic E-state index is 5.02. The van der Waals surface area contributed by atoms with Crippen molar-refractivity contribution in [3.05, 3.63) is 24.3 Å². The lowest BCUT2D eigenvalue weighted by atomic mass is 10.3. The summed E-state index contributed by atoms with van der Waals surface area (Å²) in [6.45, 7) is 0. The molecule has 1 aromatic heterocycles. The Labute approximate surface area is 74.1 Å². The van der Waals surface area contributed by atoms with Gasteiger partial charge < -0.3 is 4.74 Å². The largest absolute Gasteiger partial charge is 0.497 e. The molecule has 0 atom stereocenters. The van der Waals surface area contributed by atoms with Crippen LogP contribution in [0.2, 0.25) is 0 Å². The normalized spacial score (nSPS) is 9.92. The molecular weight excluding hydrogens is 170 g/mol. The van der Waals surface area contributed by atoms with Crippen LogP contribution in [0.3, 0.4) is 0 Å². The quantitative estimate of drug-likeness (QED) is 0.628. The molecule has 2 rings (SSSR count). The van der Waals surface area contributed by atoms with E-state index in [0.29, 0.717) is 0 Å². The summed E-state index contributed by atoms with van der Waals surface area (Å²) in [5.74, 6) is 0.803. The second kappa shape index (κ2) is 3.18. The van der Waals surface area contributed by atoms with E-state index >= 15 is 0 Å². The van der Waals surface area contributed by atoms with E-state index in [1.165, 1.54) is 4.80 Å². The number of hydrogen-bond donors (Lipinski definition) is 1. The van der Waals surface area contributed by atoms with Gasteiger partial charge in [0.1, 0.15) is 11.0 Å². The van der Waals surface area contributed by atoms with Crippen LogP contribution in [-0.4, -0.2) is 28.0 Å². The third-order valence-electron chi connectivity index (χ3n) is 1.63. The zero-order chi connectivity index (χ0) is 9.10. The predicted molar refractivity (Wildman–Crippen MR) is 42.3 cm³/mol. The summed E-state index contributed by atoms with van der Waals surface area (Å²) in [6, 6.07) is 7.38. The van der Waals surface area contributed by atoms with Gasteiger partial charge >= 0.3 is 0 Å². The molecule has 0 bridgehead atoms. The Morgan fingerprint density at radius 2 is 2.08 bits per heavy atom. The Morgan fingerprint density at radius 3 is 2.62 bits per heavy atom. The molecule has 6 heteroatoms. The number of hydrogen-bond acceptors (Lipinski definition) is 4. The van der Waals surface area contributed by atoms with Gasteiger partial charge in [0.25, 0.3) is 0 Å². The molecule has 0 unspecified atom stereocenters. The second-order valence-electron chi connectivity index (χ2n) is 2.39. The molecule has 0 saturated heterocycles. The number of H-pyrrole nitrogens is 1. The Kier molecular flexibility index (Phi) is 1.87. The molecule has 1 heterocycles. The van der Waals surface area contributed by atoms with Gasteiger partial charge in [0.2, 0.25) is 10.4 Å². The minimum Gasteiger partial charge on any atom is -0.497 e. The van der Waals surface area contributed by atoms with Crippen molar-refractivity contribution >= 4 is 0 Å². The van der Waals surface area contributed by atoms with E-state index in [1.807, 2.05) is 24.3 Å². The average molecular weight is 178 g/mol. The van der Waals surface area contributed by atoms with E-state index in [4.69, 9.17) is 4.74 Å². The first-order valence-electron chi connectivity index (χ1n) is 3.70. The van der Waals surface area contributed by atoms with Crippen LogP contribution >= 0.6 is 0 Å². The summed E-state index contributed by atoms with van der Waals surface area (Å²) in [5.41, 5.74) is 0.853. The maximum atomic E-state index is 5.02. The van der Waals surface area contributed by atoms with Gasteiger partial charge in [0.05, 0.1) is 7.11 Å². The lowest BCUT2D eigenvalue weighted by Gasteiger charge is -1.97. The lowest BCUT2D eigenvalue weighted by molar-refractivity contribution is -0.719. The molecule has 66 valence electrons. The minimum absolute atomic E-state index is 0.803. The zero-order valence-corrected chi connectivity index (χ0v) is 7.01. The number of ether oxygens (including phenoxy) is 1. The van der Waals surface area contributed by atoms with Gasteiger partial charge in [-0.15, -0.1) is 0 Å². The van der Waals surface area contributed by atoms with E-state index in [0.717, 1.165) is 11.4 Å². The van der Waals surface area contributed by atoms with Crippen molar-refractivity contribution in [1.29, 1.82) is 0 Å². The fraction of sp³-hybridized carbons (Fsp3) is 0.143. The molecule has 1 N–H and O–H groups in total. The second-order valence-corrected chi connectivity index (χ2v) is 2.39. The van der Waals surface area contributed by atoms with E-state index in [1.54, 1.807) is 7.11 Å². The summed E-state index contributed by atoms with van der Waals surface area (Å²) in [7, 11) is 1.62. The van der Waals surface area contributed by atoms with Gasteiger partial charge in [-0.1, -0.05) is 0 Å². The molecule has 0 aliphatic rings. The third kappa shape index (κ3) is 1.46. The van der Waals surface area contributed by atoms with Crippen LogP contribution in [0.5, 0.6) is 5.75 Å². The molecule has 0 radical (unpaired) electrons. The molecule has 6 nitrogen and oxygen atoms in total. The van der Waals surface area contributed by atoms with Gasteiger partial charge in [-0.2, -0.15) is 0 Å². The molecule has 0 saturated carbocycles. The molecule has 0 spiro atoms. The van der Waals surface area contributed by atoms with Crippen LogP contribution in [0.15, 0.2) is 24.3 Å². The summed E-state index contributed by atoms with van der Waals surface area (Å²) in [4.78, 5) is 1.46. The highest BCUT2D eigenvalue weighted by Gasteiger charge is 2.04. The third-order valence-corrected chi connectivity index (χ3v) is 1.63. The summed E-state index contributed by atoms with van der Waals surface area (Å²) < 4.78 is 5.02. The smallest absolute Gasteiger partial charge is 0.231 e. The first-order valence-corrected chi connectivity index (χ1v) is 3.70. The Balaban J connectivity index is 2.33. The van der Waals surface area contributed by atoms with Crippen molar-refractivity contribution in [3.8, 4) is 11.4 Å². The molecule has 13 heavy (non-hydrogen) atoms. The van der Waals surface area contributed by atoms with Crippen molar-refractivity contribution in [2.75, 3.05) is 7.11 Å². The SMILES string of the molecule is COc1ccc(-[n+]2nnn[nH]2)cc1. The fourth-order valence-electron chi connectivity index (χ4n) is 0.975. The standard InChI is InChI=1S/C7H7N5O/c1-13-7-4-2-6(3-5-7)12-10-8-9-11-12/h2-5H,1H3/p+1. The summed E-state index contributed by atoms with van der Waals surface area (Å²) >= 11 is 0. The lowest BCUT2D eigenvalue weighted by Crippen LogP contribution is -2.36. The van der Waals surface area contributed by atoms with Crippen LogP contribution < -0.4 is 9.53 Å². The Hall–Kier alpha value is -1.98. The zero-order valence-electron chi connectivity index (χ0n) is 7.01. The van der Waals surface area contributed by atoms with Crippen molar-refractivity contribution in [2.24, 2.45) is 0 Å². The molecule has 1 aromatic carbocycles. The molecule has 0 aliphatic carbocycles.